The van der Waals surface area contributed by atoms with Crippen LogP contribution in [-0.4, -0.2) is 26.5 Å². The lowest BCUT2D eigenvalue weighted by molar-refractivity contribution is -0.120. The Morgan fingerprint density at radius 2 is 1.86 bits per heavy atom. The van der Waals surface area contributed by atoms with E-state index in [1.54, 1.807) is 24.3 Å². The number of benzene rings is 3. The van der Waals surface area contributed by atoms with Crippen LogP contribution in [0.1, 0.15) is 23.5 Å². The molecule has 8 heteroatoms. The van der Waals surface area contributed by atoms with Crippen LogP contribution >= 0.6 is 15.9 Å². The Bertz CT molecular complexity index is 1240. The van der Waals surface area contributed by atoms with E-state index in [0.717, 1.165) is 10.0 Å². The number of ether oxygens (including phenoxy) is 1. The molecule has 0 bridgehead atoms. The van der Waals surface area contributed by atoms with E-state index in [2.05, 4.69) is 20.7 Å². The van der Waals surface area contributed by atoms with Crippen LogP contribution in [0.15, 0.2) is 57.9 Å². The van der Waals surface area contributed by atoms with E-state index >= 15 is 0 Å². The molecular formula is C21H18BrNO5S. The second kappa shape index (κ2) is 7.35. The van der Waals surface area contributed by atoms with Crippen molar-refractivity contribution >= 4 is 42.6 Å². The Balaban J connectivity index is 1.71. The smallest absolute Gasteiger partial charge is 0.264 e. The maximum absolute atomic E-state index is 13.0. The topological polar surface area (TPSA) is 92.7 Å². The zero-order valence-corrected chi connectivity index (χ0v) is 17.9. The third-order valence-electron chi connectivity index (χ3n) is 5.21. The summed E-state index contributed by atoms with van der Waals surface area (Å²) < 4.78 is 34.5. The maximum Gasteiger partial charge on any atom is 0.264 e. The second-order valence-electron chi connectivity index (χ2n) is 6.83. The standard InChI is InChI=1S/C21H18BrNO5S/c1-28-18-11-10-16(22)14-8-9-15(20(14)18)21(25)23-29(26,27)19-7-3-4-12-13(19)5-2-6-17(12)24/h2-7,10-11,15,24H,8-9H2,1H3,(H,23,25). The van der Waals surface area contributed by atoms with Gasteiger partial charge in [0, 0.05) is 20.8 Å². The number of phenols is 1. The molecule has 0 aromatic heterocycles. The van der Waals surface area contributed by atoms with Crippen LogP contribution < -0.4 is 9.46 Å². The van der Waals surface area contributed by atoms with Crippen molar-refractivity contribution in [3.63, 3.8) is 0 Å². The molecule has 3 aromatic carbocycles. The Labute approximate surface area is 176 Å². The van der Waals surface area contributed by atoms with Gasteiger partial charge in [-0.3, -0.25) is 4.79 Å². The first-order valence-corrected chi connectivity index (χ1v) is 11.2. The predicted octanol–water partition coefficient (Wildman–Crippen LogP) is 3.85. The Morgan fingerprint density at radius 3 is 2.62 bits per heavy atom. The van der Waals surface area contributed by atoms with Crippen molar-refractivity contribution in [1.82, 2.24) is 4.72 Å². The Kier molecular flexibility index (Phi) is 5.00. The van der Waals surface area contributed by atoms with Crippen molar-refractivity contribution in [2.24, 2.45) is 0 Å². The first-order chi connectivity index (χ1) is 13.8. The molecule has 0 spiro atoms. The number of carbonyl (C=O) groups is 1. The molecular weight excluding hydrogens is 458 g/mol. The molecule has 0 heterocycles. The summed E-state index contributed by atoms with van der Waals surface area (Å²) >= 11 is 3.49. The summed E-state index contributed by atoms with van der Waals surface area (Å²) in [6.07, 6.45) is 1.14. The number of aromatic hydroxyl groups is 1. The quantitative estimate of drug-likeness (QED) is 0.597. The van der Waals surface area contributed by atoms with Crippen molar-refractivity contribution in [2.75, 3.05) is 7.11 Å². The highest BCUT2D eigenvalue weighted by Crippen LogP contribution is 2.43. The van der Waals surface area contributed by atoms with E-state index in [4.69, 9.17) is 4.74 Å². The van der Waals surface area contributed by atoms with Crippen molar-refractivity contribution < 1.29 is 23.1 Å². The largest absolute Gasteiger partial charge is 0.507 e. The molecule has 0 aliphatic heterocycles. The van der Waals surface area contributed by atoms with Crippen LogP contribution in [0.2, 0.25) is 0 Å². The van der Waals surface area contributed by atoms with E-state index in [0.29, 0.717) is 34.9 Å². The van der Waals surface area contributed by atoms with Gasteiger partial charge in [0.15, 0.2) is 0 Å². The predicted molar refractivity (Wildman–Crippen MR) is 113 cm³/mol. The van der Waals surface area contributed by atoms with Gasteiger partial charge in [-0.1, -0.05) is 40.2 Å². The van der Waals surface area contributed by atoms with Crippen molar-refractivity contribution in [2.45, 2.75) is 23.7 Å². The molecule has 6 nitrogen and oxygen atoms in total. The Morgan fingerprint density at radius 1 is 1.14 bits per heavy atom. The summed E-state index contributed by atoms with van der Waals surface area (Å²) in [6, 6.07) is 12.8. The number of fused-ring (bicyclic) bond motifs is 2. The van der Waals surface area contributed by atoms with E-state index in [1.807, 2.05) is 6.07 Å². The number of amides is 1. The van der Waals surface area contributed by atoms with E-state index < -0.39 is 21.8 Å². The van der Waals surface area contributed by atoms with Gasteiger partial charge in [-0.25, -0.2) is 13.1 Å². The van der Waals surface area contributed by atoms with Crippen molar-refractivity contribution in [1.29, 1.82) is 0 Å². The number of carbonyl (C=O) groups excluding carboxylic acids is 1. The van der Waals surface area contributed by atoms with Gasteiger partial charge in [0.2, 0.25) is 5.91 Å². The molecule has 4 rings (SSSR count). The molecule has 1 unspecified atom stereocenters. The number of phenolic OH excluding ortho intramolecular Hbond substituents is 1. The number of hydrogen-bond acceptors (Lipinski definition) is 5. The van der Waals surface area contributed by atoms with Gasteiger partial charge in [-0.2, -0.15) is 0 Å². The van der Waals surface area contributed by atoms with Crippen molar-refractivity contribution in [3.8, 4) is 11.5 Å². The summed E-state index contributed by atoms with van der Waals surface area (Å²) in [4.78, 5) is 12.9. The monoisotopic (exact) mass is 475 g/mol. The molecule has 2 N–H and O–H groups in total. The first-order valence-electron chi connectivity index (χ1n) is 8.96. The van der Waals surface area contributed by atoms with Gasteiger partial charge in [-0.15, -0.1) is 0 Å². The van der Waals surface area contributed by atoms with Gasteiger partial charge < -0.3 is 9.84 Å². The summed E-state index contributed by atoms with van der Waals surface area (Å²) in [5, 5.41) is 10.8. The number of methoxy groups -OCH3 is 1. The fourth-order valence-corrected chi connectivity index (χ4v) is 5.67. The second-order valence-corrected chi connectivity index (χ2v) is 9.34. The van der Waals surface area contributed by atoms with Crippen LogP contribution in [0.25, 0.3) is 10.8 Å². The van der Waals surface area contributed by atoms with Crippen LogP contribution in [-0.2, 0) is 21.2 Å². The molecule has 0 radical (unpaired) electrons. The molecule has 0 saturated carbocycles. The van der Waals surface area contributed by atoms with Gasteiger partial charge >= 0.3 is 0 Å². The fourth-order valence-electron chi connectivity index (χ4n) is 3.88. The molecule has 29 heavy (non-hydrogen) atoms. The van der Waals surface area contributed by atoms with Crippen LogP contribution in [0, 0.1) is 0 Å². The summed E-state index contributed by atoms with van der Waals surface area (Å²) in [5.74, 6) is -0.688. The zero-order valence-electron chi connectivity index (χ0n) is 15.5. The lowest BCUT2D eigenvalue weighted by atomic mass is 10.00. The minimum absolute atomic E-state index is 0.0230. The fraction of sp³-hybridized carbons (Fsp3) is 0.190. The minimum Gasteiger partial charge on any atom is -0.507 e. The maximum atomic E-state index is 13.0. The van der Waals surface area contributed by atoms with Crippen LogP contribution in [0.4, 0.5) is 0 Å². The number of sulfonamides is 1. The molecule has 1 atom stereocenters. The third-order valence-corrected chi connectivity index (χ3v) is 7.36. The zero-order chi connectivity index (χ0) is 20.8. The van der Waals surface area contributed by atoms with Gasteiger partial charge in [0.1, 0.15) is 11.5 Å². The lowest BCUT2D eigenvalue weighted by Crippen LogP contribution is -2.34. The highest BCUT2D eigenvalue weighted by atomic mass is 79.9. The highest BCUT2D eigenvalue weighted by Gasteiger charge is 2.35. The van der Waals surface area contributed by atoms with E-state index in [9.17, 15) is 18.3 Å². The van der Waals surface area contributed by atoms with Gasteiger partial charge in [0.05, 0.1) is 17.9 Å². The normalized spacial score (nSPS) is 15.9. The molecule has 0 fully saturated rings. The molecule has 3 aromatic rings. The average molecular weight is 476 g/mol. The number of hydrogen-bond donors (Lipinski definition) is 2. The van der Waals surface area contributed by atoms with Crippen LogP contribution in [0.5, 0.6) is 11.5 Å². The minimum atomic E-state index is -4.14. The van der Waals surface area contributed by atoms with E-state index in [-0.39, 0.29) is 10.6 Å². The molecule has 1 aliphatic rings. The molecule has 0 saturated heterocycles. The summed E-state index contributed by atoms with van der Waals surface area (Å²) in [6.45, 7) is 0. The van der Waals surface area contributed by atoms with Crippen LogP contribution in [0.3, 0.4) is 0 Å². The van der Waals surface area contributed by atoms with Crippen molar-refractivity contribution in [3.05, 3.63) is 64.1 Å². The molecule has 1 aliphatic carbocycles. The summed E-state index contributed by atoms with van der Waals surface area (Å²) in [7, 11) is -2.61. The lowest BCUT2D eigenvalue weighted by Gasteiger charge is -2.16. The molecule has 150 valence electrons. The number of halogens is 1. The third kappa shape index (κ3) is 3.36. The number of rotatable bonds is 4. The number of nitrogens with one attached hydrogen (secondary N) is 1. The Hall–Kier alpha value is -2.58. The van der Waals surface area contributed by atoms with Gasteiger partial charge in [0.25, 0.3) is 10.0 Å². The van der Waals surface area contributed by atoms with E-state index in [1.165, 1.54) is 25.3 Å². The highest BCUT2D eigenvalue weighted by molar-refractivity contribution is 9.10. The summed E-state index contributed by atoms with van der Waals surface area (Å²) in [5.41, 5.74) is 1.67. The first kappa shape index (κ1) is 19.7. The van der Waals surface area contributed by atoms with Gasteiger partial charge in [-0.05, 0) is 42.7 Å². The molecule has 1 amide bonds. The SMILES string of the molecule is COc1ccc(Br)c2c1C(C(=O)NS(=O)(=O)c1cccc3c(O)cccc13)CC2. The average Bonchev–Trinajstić information content (AvgIpc) is 3.14.